The molecule has 35 heavy (non-hydrogen) atoms. The zero-order valence-electron chi connectivity index (χ0n) is 19.5. The second-order valence-electron chi connectivity index (χ2n) is 8.51. The number of hydrogen-bond donors (Lipinski definition) is 1. The summed E-state index contributed by atoms with van der Waals surface area (Å²) in [5.41, 5.74) is 7.28. The first-order chi connectivity index (χ1) is 16.9. The number of aryl methyl sites for hydroxylation is 1. The van der Waals surface area contributed by atoms with Gasteiger partial charge < -0.3 is 20.3 Å². The van der Waals surface area contributed by atoms with Crippen molar-refractivity contribution in [2.75, 3.05) is 38.3 Å². The Hall–Kier alpha value is -3.95. The van der Waals surface area contributed by atoms with E-state index in [9.17, 15) is 18.8 Å². The molecule has 2 aliphatic heterocycles. The van der Waals surface area contributed by atoms with Crippen LogP contribution >= 0.6 is 0 Å². The molecule has 0 aromatic heterocycles. The molecule has 9 nitrogen and oxygen atoms in total. The van der Waals surface area contributed by atoms with Gasteiger partial charge in [0.25, 0.3) is 5.91 Å². The minimum Gasteiger partial charge on any atom is -0.497 e. The molecule has 2 N–H and O–H groups in total. The molecule has 1 atom stereocenters. The number of anilines is 1. The molecule has 1 fully saturated rings. The number of benzene rings is 2. The fourth-order valence-electron chi connectivity index (χ4n) is 4.24. The van der Waals surface area contributed by atoms with E-state index in [0.717, 1.165) is 11.3 Å². The number of piperazine rings is 1. The van der Waals surface area contributed by atoms with Crippen LogP contribution in [0, 0.1) is 5.82 Å². The Bertz CT molecular complexity index is 1110. The Labute approximate surface area is 202 Å². The number of carbonyl (C=O) groups excluding carboxylic acids is 3. The van der Waals surface area contributed by atoms with Gasteiger partial charge in [0.05, 0.1) is 12.8 Å². The molecule has 2 aromatic rings. The summed E-state index contributed by atoms with van der Waals surface area (Å²) < 4.78 is 18.4. The van der Waals surface area contributed by atoms with Crippen LogP contribution in [0.3, 0.4) is 0 Å². The summed E-state index contributed by atoms with van der Waals surface area (Å²) in [6, 6.07) is 12.3. The molecule has 0 bridgehead atoms. The van der Waals surface area contributed by atoms with E-state index in [0.29, 0.717) is 44.7 Å². The van der Waals surface area contributed by atoms with Crippen molar-refractivity contribution < 1.29 is 23.5 Å². The predicted molar refractivity (Wildman–Crippen MR) is 128 cm³/mol. The van der Waals surface area contributed by atoms with Crippen molar-refractivity contribution in [1.29, 1.82) is 0 Å². The number of primary amides is 1. The number of amides is 3. The highest BCUT2D eigenvalue weighted by molar-refractivity contribution is 6.40. The Kier molecular flexibility index (Phi) is 7.28. The highest BCUT2D eigenvalue weighted by atomic mass is 19.1. The summed E-state index contributed by atoms with van der Waals surface area (Å²) in [6.45, 7) is 1.62. The van der Waals surface area contributed by atoms with Crippen LogP contribution in [0.25, 0.3) is 0 Å². The van der Waals surface area contributed by atoms with Gasteiger partial charge in [0.2, 0.25) is 11.8 Å². The number of carbonyl (C=O) groups is 3. The minimum atomic E-state index is -0.819. The van der Waals surface area contributed by atoms with Gasteiger partial charge in [0.1, 0.15) is 23.3 Å². The molecule has 1 saturated heterocycles. The number of hydrogen-bond acceptors (Lipinski definition) is 6. The summed E-state index contributed by atoms with van der Waals surface area (Å²) in [7, 11) is 1.61. The van der Waals surface area contributed by atoms with Crippen molar-refractivity contribution in [3.05, 3.63) is 59.9 Å². The van der Waals surface area contributed by atoms with Crippen LogP contribution in [0.1, 0.15) is 18.4 Å². The summed E-state index contributed by atoms with van der Waals surface area (Å²) in [6.07, 6.45) is 1.10. The maximum Gasteiger partial charge on any atom is 0.270 e. The van der Waals surface area contributed by atoms with E-state index in [2.05, 4.69) is 5.10 Å². The molecule has 0 spiro atoms. The van der Waals surface area contributed by atoms with Crippen molar-refractivity contribution in [3.63, 3.8) is 0 Å². The standard InChI is InChI=1S/C25H28FN5O4/c1-35-20-9-2-17(3-10-20)4-11-23(32)29-12-14-30(15-13-29)25(34)21-16-22(24(27)33)31(28-21)19-7-5-18(26)6-8-19/h2-3,5-10,22H,4,11-16H2,1H3,(H2,27,33). The van der Waals surface area contributed by atoms with Crippen LogP contribution in [0.15, 0.2) is 53.6 Å². The minimum absolute atomic E-state index is 0.0439. The molecular weight excluding hydrogens is 453 g/mol. The average Bonchev–Trinajstić information content (AvgIpc) is 3.33. The number of methoxy groups -OCH3 is 1. The van der Waals surface area contributed by atoms with Crippen LogP contribution in [-0.4, -0.2) is 72.6 Å². The average molecular weight is 482 g/mol. The topological polar surface area (TPSA) is 109 Å². The first-order valence-electron chi connectivity index (χ1n) is 11.5. The molecule has 0 aliphatic carbocycles. The van der Waals surface area contributed by atoms with E-state index in [1.807, 2.05) is 24.3 Å². The first-order valence-corrected chi connectivity index (χ1v) is 11.5. The Balaban J connectivity index is 1.32. The van der Waals surface area contributed by atoms with Crippen LogP contribution < -0.4 is 15.5 Å². The molecule has 2 heterocycles. The summed E-state index contributed by atoms with van der Waals surface area (Å²) in [4.78, 5) is 41.1. The van der Waals surface area contributed by atoms with Gasteiger partial charge in [-0.3, -0.25) is 19.4 Å². The van der Waals surface area contributed by atoms with Gasteiger partial charge in [-0.25, -0.2) is 4.39 Å². The molecule has 0 saturated carbocycles. The van der Waals surface area contributed by atoms with Gasteiger partial charge in [-0.2, -0.15) is 5.10 Å². The van der Waals surface area contributed by atoms with Gasteiger partial charge in [0.15, 0.2) is 0 Å². The number of nitrogens with two attached hydrogens (primary N) is 1. The maximum atomic E-state index is 13.3. The monoisotopic (exact) mass is 481 g/mol. The predicted octanol–water partition coefficient (Wildman–Crippen LogP) is 1.56. The van der Waals surface area contributed by atoms with Crippen LogP contribution in [-0.2, 0) is 20.8 Å². The molecule has 4 rings (SSSR count). The lowest BCUT2D eigenvalue weighted by Crippen LogP contribution is -2.52. The van der Waals surface area contributed by atoms with Crippen LogP contribution in [0.5, 0.6) is 5.75 Å². The normalized spacial score (nSPS) is 17.8. The lowest BCUT2D eigenvalue weighted by Gasteiger charge is -2.34. The Morgan fingerprint density at radius 1 is 1.00 bits per heavy atom. The highest BCUT2D eigenvalue weighted by Crippen LogP contribution is 2.25. The van der Waals surface area contributed by atoms with Gasteiger partial charge in [0, 0.05) is 39.0 Å². The number of ether oxygens (including phenoxy) is 1. The number of hydrazone groups is 1. The Morgan fingerprint density at radius 2 is 1.63 bits per heavy atom. The summed E-state index contributed by atoms with van der Waals surface area (Å²) in [5.74, 6) is -0.502. The molecule has 2 aliphatic rings. The Morgan fingerprint density at radius 3 is 2.23 bits per heavy atom. The largest absolute Gasteiger partial charge is 0.497 e. The molecule has 184 valence electrons. The molecule has 10 heteroatoms. The second kappa shape index (κ2) is 10.5. The van der Waals surface area contributed by atoms with E-state index in [1.165, 1.54) is 29.3 Å². The fraction of sp³-hybridized carbons (Fsp3) is 0.360. The zero-order chi connectivity index (χ0) is 24.9. The third-order valence-electron chi connectivity index (χ3n) is 6.28. The van der Waals surface area contributed by atoms with E-state index >= 15 is 0 Å². The molecule has 2 aromatic carbocycles. The van der Waals surface area contributed by atoms with Gasteiger partial charge in [-0.15, -0.1) is 0 Å². The zero-order valence-corrected chi connectivity index (χ0v) is 19.5. The quantitative estimate of drug-likeness (QED) is 0.646. The lowest BCUT2D eigenvalue weighted by atomic mass is 10.1. The second-order valence-corrected chi connectivity index (χ2v) is 8.51. The molecule has 3 amide bonds. The van der Waals surface area contributed by atoms with Gasteiger partial charge in [-0.05, 0) is 48.4 Å². The lowest BCUT2D eigenvalue weighted by molar-refractivity contribution is -0.136. The van der Waals surface area contributed by atoms with E-state index in [-0.39, 0.29) is 23.9 Å². The summed E-state index contributed by atoms with van der Waals surface area (Å²) >= 11 is 0. The van der Waals surface area contributed by atoms with Crippen LogP contribution in [0.2, 0.25) is 0 Å². The van der Waals surface area contributed by atoms with Crippen molar-refractivity contribution in [2.24, 2.45) is 10.8 Å². The third-order valence-corrected chi connectivity index (χ3v) is 6.28. The first kappa shape index (κ1) is 24.2. The van der Waals surface area contributed by atoms with Gasteiger partial charge >= 0.3 is 0 Å². The molecule has 0 radical (unpaired) electrons. The van der Waals surface area contributed by atoms with Gasteiger partial charge in [-0.1, -0.05) is 12.1 Å². The number of rotatable bonds is 7. The number of halogens is 1. The highest BCUT2D eigenvalue weighted by Gasteiger charge is 2.37. The fourth-order valence-corrected chi connectivity index (χ4v) is 4.24. The van der Waals surface area contributed by atoms with E-state index < -0.39 is 17.8 Å². The molecular formula is C25H28FN5O4. The molecule has 1 unspecified atom stereocenters. The number of nitrogens with zero attached hydrogens (tertiary/aromatic N) is 4. The summed E-state index contributed by atoms with van der Waals surface area (Å²) in [5, 5.41) is 5.71. The smallest absolute Gasteiger partial charge is 0.270 e. The third kappa shape index (κ3) is 5.59. The van der Waals surface area contributed by atoms with E-state index in [4.69, 9.17) is 10.5 Å². The SMILES string of the molecule is COc1ccc(CCC(=O)N2CCN(C(=O)C3=NN(c4ccc(F)cc4)C(C(N)=O)C3)CC2)cc1. The van der Waals surface area contributed by atoms with Crippen molar-refractivity contribution in [1.82, 2.24) is 9.80 Å². The maximum absolute atomic E-state index is 13.3. The van der Waals surface area contributed by atoms with E-state index in [1.54, 1.807) is 16.9 Å². The van der Waals surface area contributed by atoms with Crippen molar-refractivity contribution in [2.45, 2.75) is 25.3 Å². The van der Waals surface area contributed by atoms with Crippen molar-refractivity contribution in [3.8, 4) is 5.75 Å². The van der Waals surface area contributed by atoms with Crippen LogP contribution in [0.4, 0.5) is 10.1 Å². The van der Waals surface area contributed by atoms with Crippen molar-refractivity contribution >= 4 is 29.1 Å².